The summed E-state index contributed by atoms with van der Waals surface area (Å²) >= 11 is 6.04. The normalized spacial score (nSPS) is 14.8. The number of nitrogens with zero attached hydrogens (tertiary/aromatic N) is 2. The Labute approximate surface area is 129 Å². The highest BCUT2D eigenvalue weighted by atomic mass is 35.5. The number of hydrogen-bond donors (Lipinski definition) is 1. The van der Waals surface area contributed by atoms with Crippen LogP contribution >= 0.6 is 11.6 Å². The Morgan fingerprint density at radius 1 is 1.33 bits per heavy atom. The molecule has 0 bridgehead atoms. The van der Waals surface area contributed by atoms with Crippen molar-refractivity contribution in [1.82, 2.24) is 9.78 Å². The zero-order chi connectivity index (χ0) is 15.0. The summed E-state index contributed by atoms with van der Waals surface area (Å²) in [5.74, 6) is 0.353. The van der Waals surface area contributed by atoms with Crippen molar-refractivity contribution in [2.24, 2.45) is 0 Å². The summed E-state index contributed by atoms with van der Waals surface area (Å²) in [7, 11) is -3.73. The van der Waals surface area contributed by atoms with Crippen molar-refractivity contribution in [2.75, 3.05) is 4.72 Å². The maximum Gasteiger partial charge on any atom is 0.264 e. The van der Waals surface area contributed by atoms with Gasteiger partial charge in [0.1, 0.15) is 4.90 Å². The summed E-state index contributed by atoms with van der Waals surface area (Å²) in [6.07, 6.45) is 3.12. The fraction of sp³-hybridized carbons (Fsp3) is 0.357. The van der Waals surface area contributed by atoms with Crippen LogP contribution < -0.4 is 4.72 Å². The van der Waals surface area contributed by atoms with Crippen LogP contribution in [0.5, 0.6) is 0 Å². The van der Waals surface area contributed by atoms with Gasteiger partial charge < -0.3 is 0 Å². The fourth-order valence-corrected chi connectivity index (χ4v) is 4.43. The molecule has 0 aliphatic carbocycles. The molecule has 2 heterocycles. The second kappa shape index (κ2) is 5.35. The van der Waals surface area contributed by atoms with Crippen LogP contribution in [0.15, 0.2) is 29.2 Å². The van der Waals surface area contributed by atoms with Gasteiger partial charge in [0.05, 0.1) is 5.02 Å². The van der Waals surface area contributed by atoms with Gasteiger partial charge in [0, 0.05) is 18.3 Å². The van der Waals surface area contributed by atoms with Crippen LogP contribution in [0.25, 0.3) is 0 Å². The van der Waals surface area contributed by atoms with E-state index in [0.717, 1.165) is 31.5 Å². The summed E-state index contributed by atoms with van der Waals surface area (Å²) in [6.45, 7) is 2.56. The lowest BCUT2D eigenvalue weighted by Crippen LogP contribution is -2.15. The Bertz CT molecular complexity index is 740. The van der Waals surface area contributed by atoms with Crippen LogP contribution in [0.2, 0.25) is 5.02 Å². The predicted octanol–water partition coefficient (Wildman–Crippen LogP) is 2.98. The number of benzene rings is 1. The van der Waals surface area contributed by atoms with Gasteiger partial charge in [0.2, 0.25) is 0 Å². The highest BCUT2D eigenvalue weighted by molar-refractivity contribution is 7.92. The molecular weight excluding hydrogens is 310 g/mol. The van der Waals surface area contributed by atoms with Gasteiger partial charge in [-0.15, -0.1) is 0 Å². The third kappa shape index (κ3) is 2.78. The average molecular weight is 326 g/mol. The molecular formula is C14H16ClN3O2S. The molecule has 7 heteroatoms. The van der Waals surface area contributed by atoms with Gasteiger partial charge in [0.15, 0.2) is 5.82 Å². The number of nitrogens with one attached hydrogen (secondary N) is 1. The first kappa shape index (κ1) is 14.4. The average Bonchev–Trinajstić information content (AvgIpc) is 2.79. The fourth-order valence-electron chi connectivity index (χ4n) is 2.61. The number of halogens is 1. The number of anilines is 1. The van der Waals surface area contributed by atoms with Crippen LogP contribution in [-0.4, -0.2) is 18.2 Å². The molecule has 0 saturated carbocycles. The molecule has 5 nitrogen and oxygen atoms in total. The Balaban J connectivity index is 1.95. The quantitative estimate of drug-likeness (QED) is 0.943. The van der Waals surface area contributed by atoms with E-state index in [1.807, 2.05) is 4.68 Å². The van der Waals surface area contributed by atoms with E-state index in [9.17, 15) is 8.42 Å². The standard InChI is InChI=1S/C14H16ClN3O2S/c1-10-5-4-7-12(15)14(10)21(19,20)17-13-9-11-6-2-3-8-18(11)16-13/h4-5,7,9H,2-3,6,8H2,1H3,(H,16,17). The van der Waals surface area contributed by atoms with Crippen molar-refractivity contribution in [1.29, 1.82) is 0 Å². The molecule has 0 spiro atoms. The summed E-state index contributed by atoms with van der Waals surface area (Å²) in [4.78, 5) is 0.109. The van der Waals surface area contributed by atoms with Gasteiger partial charge in [-0.05, 0) is 37.8 Å². The van der Waals surface area contributed by atoms with Crippen LogP contribution in [-0.2, 0) is 23.0 Å². The summed E-state index contributed by atoms with van der Waals surface area (Å²) in [5, 5.41) is 4.52. The lowest BCUT2D eigenvalue weighted by atomic mass is 10.1. The summed E-state index contributed by atoms with van der Waals surface area (Å²) in [6, 6.07) is 6.81. The van der Waals surface area contributed by atoms with E-state index in [4.69, 9.17) is 11.6 Å². The van der Waals surface area contributed by atoms with Crippen molar-refractivity contribution in [3.8, 4) is 0 Å². The van der Waals surface area contributed by atoms with Crippen LogP contribution in [0.1, 0.15) is 24.1 Å². The molecule has 2 aromatic rings. The predicted molar refractivity (Wildman–Crippen MR) is 82.2 cm³/mol. The van der Waals surface area contributed by atoms with E-state index in [2.05, 4.69) is 9.82 Å². The first-order chi connectivity index (χ1) is 9.97. The molecule has 1 aromatic heterocycles. The second-order valence-corrected chi connectivity index (χ2v) is 7.22. The minimum absolute atomic E-state index is 0.109. The van der Waals surface area contributed by atoms with E-state index < -0.39 is 10.0 Å². The van der Waals surface area contributed by atoms with E-state index in [1.165, 1.54) is 0 Å². The number of rotatable bonds is 3. The number of hydrogen-bond acceptors (Lipinski definition) is 3. The SMILES string of the molecule is Cc1cccc(Cl)c1S(=O)(=O)Nc1cc2n(n1)CCCC2. The second-order valence-electron chi connectivity index (χ2n) is 5.19. The first-order valence-corrected chi connectivity index (χ1v) is 8.68. The largest absolute Gasteiger partial charge is 0.267 e. The molecule has 1 aliphatic heterocycles. The summed E-state index contributed by atoms with van der Waals surface area (Å²) in [5.41, 5.74) is 1.67. The third-order valence-electron chi connectivity index (χ3n) is 3.59. The lowest BCUT2D eigenvalue weighted by molar-refractivity contribution is 0.487. The van der Waals surface area contributed by atoms with Gasteiger partial charge in [-0.2, -0.15) is 5.10 Å². The molecule has 0 amide bonds. The smallest absolute Gasteiger partial charge is 0.264 e. The van der Waals surface area contributed by atoms with Gasteiger partial charge >= 0.3 is 0 Å². The van der Waals surface area contributed by atoms with Crippen molar-refractivity contribution in [3.63, 3.8) is 0 Å². The molecule has 0 saturated heterocycles. The Morgan fingerprint density at radius 3 is 2.86 bits per heavy atom. The van der Waals surface area contributed by atoms with Crippen molar-refractivity contribution < 1.29 is 8.42 Å². The van der Waals surface area contributed by atoms with E-state index in [-0.39, 0.29) is 9.92 Å². The van der Waals surface area contributed by atoms with Gasteiger partial charge in [0.25, 0.3) is 10.0 Å². The molecule has 1 aromatic carbocycles. The topological polar surface area (TPSA) is 64.0 Å². The molecule has 0 atom stereocenters. The Hall–Kier alpha value is -1.53. The highest BCUT2D eigenvalue weighted by Crippen LogP contribution is 2.27. The van der Waals surface area contributed by atoms with Crippen molar-refractivity contribution in [3.05, 3.63) is 40.5 Å². The maximum atomic E-state index is 12.5. The zero-order valence-electron chi connectivity index (χ0n) is 11.6. The van der Waals surface area contributed by atoms with Crippen LogP contribution in [0, 0.1) is 6.92 Å². The maximum absolute atomic E-state index is 12.5. The zero-order valence-corrected chi connectivity index (χ0v) is 13.2. The molecule has 0 fully saturated rings. The minimum atomic E-state index is -3.73. The van der Waals surface area contributed by atoms with Crippen molar-refractivity contribution in [2.45, 2.75) is 37.6 Å². The number of sulfonamides is 1. The Kier molecular flexibility index (Phi) is 3.67. The van der Waals surface area contributed by atoms with Gasteiger partial charge in [-0.1, -0.05) is 23.7 Å². The van der Waals surface area contributed by atoms with E-state index in [1.54, 1.807) is 31.2 Å². The highest BCUT2D eigenvalue weighted by Gasteiger charge is 2.22. The molecule has 0 unspecified atom stereocenters. The number of aryl methyl sites for hydroxylation is 3. The first-order valence-electron chi connectivity index (χ1n) is 6.82. The lowest BCUT2D eigenvalue weighted by Gasteiger charge is -2.11. The monoisotopic (exact) mass is 325 g/mol. The molecule has 21 heavy (non-hydrogen) atoms. The van der Waals surface area contributed by atoms with E-state index >= 15 is 0 Å². The summed E-state index contributed by atoms with van der Waals surface area (Å²) < 4.78 is 29.4. The van der Waals surface area contributed by atoms with Gasteiger partial charge in [-0.3, -0.25) is 9.40 Å². The molecule has 3 rings (SSSR count). The number of aromatic nitrogens is 2. The molecule has 1 N–H and O–H groups in total. The van der Waals surface area contributed by atoms with Crippen LogP contribution in [0.4, 0.5) is 5.82 Å². The molecule has 112 valence electrons. The Morgan fingerprint density at radius 2 is 2.14 bits per heavy atom. The molecule has 1 aliphatic rings. The van der Waals surface area contributed by atoms with Crippen LogP contribution in [0.3, 0.4) is 0 Å². The van der Waals surface area contributed by atoms with Crippen molar-refractivity contribution >= 4 is 27.4 Å². The van der Waals surface area contributed by atoms with E-state index in [0.29, 0.717) is 11.4 Å². The molecule has 0 radical (unpaired) electrons. The minimum Gasteiger partial charge on any atom is -0.267 e. The van der Waals surface area contributed by atoms with Gasteiger partial charge in [-0.25, -0.2) is 8.42 Å². The third-order valence-corrected chi connectivity index (χ3v) is 5.57. The number of fused-ring (bicyclic) bond motifs is 1.